The molecule has 4 aromatic rings. The van der Waals surface area contributed by atoms with Crippen molar-refractivity contribution >= 4 is 10.9 Å². The van der Waals surface area contributed by atoms with Crippen molar-refractivity contribution in [3.63, 3.8) is 0 Å². The molecule has 2 aromatic carbocycles. The van der Waals surface area contributed by atoms with E-state index < -0.39 is 0 Å². The zero-order valence-corrected chi connectivity index (χ0v) is 17.1. The monoisotopic (exact) mass is 413 g/mol. The van der Waals surface area contributed by atoms with Crippen LogP contribution < -0.4 is 9.47 Å². The summed E-state index contributed by atoms with van der Waals surface area (Å²) >= 11 is 0. The highest BCUT2D eigenvalue weighted by atomic mass is 16.5. The number of benzene rings is 2. The summed E-state index contributed by atoms with van der Waals surface area (Å²) in [7, 11) is 1.63. The van der Waals surface area contributed by atoms with Gasteiger partial charge in [0.1, 0.15) is 19.4 Å². The maximum absolute atomic E-state index is 6.02. The third kappa shape index (κ3) is 5.00. The Balaban J connectivity index is 1.63. The Morgan fingerprint density at radius 1 is 1.10 bits per heavy atom. The summed E-state index contributed by atoms with van der Waals surface area (Å²) in [5.74, 6) is 4.37. The number of imidazole rings is 1. The standard InChI is InChI=1S/C24H21N4O3/c1-3-18-5-4-6-19(13-18)24-26-16-20-14-22(31-12-11-29-2)23(15-21(20)27-24)30-10-9-28-8-7-25-17-28/h1,4-8,13-15,17H,9-12H2,2H3. The molecule has 4 rings (SSSR count). The summed E-state index contributed by atoms with van der Waals surface area (Å²) in [6, 6.07) is 11.2. The van der Waals surface area contributed by atoms with Crippen LogP contribution in [0.3, 0.4) is 0 Å². The number of rotatable bonds is 9. The van der Waals surface area contributed by atoms with E-state index in [1.165, 1.54) is 0 Å². The van der Waals surface area contributed by atoms with Gasteiger partial charge in [-0.25, -0.2) is 15.0 Å². The Hall–Kier alpha value is -3.89. The van der Waals surface area contributed by atoms with Gasteiger partial charge in [0.2, 0.25) is 0 Å². The summed E-state index contributed by atoms with van der Waals surface area (Å²) in [5, 5.41) is 0.728. The van der Waals surface area contributed by atoms with Gasteiger partial charge in [0.05, 0.1) is 25.0 Å². The number of fused-ring (bicyclic) bond motifs is 1. The lowest BCUT2D eigenvalue weighted by Gasteiger charge is -2.14. The first-order chi connectivity index (χ1) is 15.3. The van der Waals surface area contributed by atoms with Crippen LogP contribution in [0.1, 0.15) is 5.56 Å². The Bertz CT molecular complexity index is 1200. The smallest absolute Gasteiger partial charge is 0.163 e. The van der Waals surface area contributed by atoms with E-state index in [-0.39, 0.29) is 0 Å². The van der Waals surface area contributed by atoms with Gasteiger partial charge in [-0.1, -0.05) is 18.1 Å². The molecule has 31 heavy (non-hydrogen) atoms. The topological polar surface area (TPSA) is 71.3 Å². The second-order valence-electron chi connectivity index (χ2n) is 6.69. The van der Waals surface area contributed by atoms with Crippen LogP contribution in [0.5, 0.6) is 11.5 Å². The van der Waals surface area contributed by atoms with Crippen molar-refractivity contribution in [1.82, 2.24) is 19.5 Å². The van der Waals surface area contributed by atoms with Crippen LogP contribution in [0.4, 0.5) is 0 Å². The Labute approximate surface area is 180 Å². The predicted octanol–water partition coefficient (Wildman–Crippen LogP) is 3.38. The van der Waals surface area contributed by atoms with Crippen LogP contribution in [0.15, 0.2) is 55.1 Å². The van der Waals surface area contributed by atoms with Gasteiger partial charge < -0.3 is 18.8 Å². The van der Waals surface area contributed by atoms with Crippen LogP contribution in [0.2, 0.25) is 0 Å². The van der Waals surface area contributed by atoms with Gasteiger partial charge in [-0.15, -0.1) is 6.42 Å². The fraction of sp³-hybridized carbons (Fsp3) is 0.208. The highest BCUT2D eigenvalue weighted by Gasteiger charge is 2.12. The lowest BCUT2D eigenvalue weighted by atomic mass is 10.1. The molecule has 0 fully saturated rings. The maximum atomic E-state index is 6.02. The van der Waals surface area contributed by atoms with Gasteiger partial charge in [0, 0.05) is 42.1 Å². The summed E-state index contributed by atoms with van der Waals surface area (Å²) in [4.78, 5) is 13.1. The quantitative estimate of drug-likeness (QED) is 0.309. The normalized spacial score (nSPS) is 10.7. The Morgan fingerprint density at radius 2 is 1.97 bits per heavy atom. The number of aromatic nitrogens is 4. The molecule has 2 aromatic heterocycles. The van der Waals surface area contributed by atoms with Crippen molar-refractivity contribution in [3.05, 3.63) is 66.9 Å². The average molecular weight is 413 g/mol. The van der Waals surface area contributed by atoms with Crippen LogP contribution in [-0.2, 0) is 11.3 Å². The Kier molecular flexibility index (Phi) is 6.41. The van der Waals surface area contributed by atoms with Crippen LogP contribution in [-0.4, -0.2) is 46.4 Å². The van der Waals surface area contributed by atoms with E-state index >= 15 is 0 Å². The molecule has 0 aliphatic heterocycles. The van der Waals surface area contributed by atoms with Crippen molar-refractivity contribution in [2.45, 2.75) is 6.54 Å². The van der Waals surface area contributed by atoms with E-state index in [9.17, 15) is 0 Å². The van der Waals surface area contributed by atoms with Crippen molar-refractivity contribution < 1.29 is 14.2 Å². The summed E-state index contributed by atoms with van der Waals surface area (Å²) in [5.41, 5.74) is 2.30. The van der Waals surface area contributed by atoms with Gasteiger partial charge in [0.25, 0.3) is 0 Å². The van der Waals surface area contributed by atoms with Gasteiger partial charge in [-0.2, -0.15) is 0 Å². The number of ether oxygens (including phenoxy) is 3. The van der Waals surface area contributed by atoms with Crippen molar-refractivity contribution in [2.75, 3.05) is 26.9 Å². The molecule has 0 N–H and O–H groups in total. The highest BCUT2D eigenvalue weighted by Crippen LogP contribution is 2.32. The van der Waals surface area contributed by atoms with Crippen LogP contribution in [0, 0.1) is 18.5 Å². The molecule has 0 amide bonds. The third-order valence-electron chi connectivity index (χ3n) is 4.57. The van der Waals surface area contributed by atoms with E-state index in [2.05, 4.69) is 22.1 Å². The number of terminal acetylenes is 1. The second kappa shape index (κ2) is 9.74. The molecule has 0 saturated carbocycles. The molecular weight excluding hydrogens is 392 g/mol. The fourth-order valence-corrected chi connectivity index (χ4v) is 3.00. The zero-order chi connectivity index (χ0) is 21.5. The summed E-state index contributed by atoms with van der Waals surface area (Å²) in [6.45, 7) is 1.98. The molecule has 0 saturated heterocycles. The molecule has 155 valence electrons. The molecular formula is C24H21N4O3. The summed E-state index contributed by atoms with van der Waals surface area (Å²) in [6.07, 6.45) is 13.9. The van der Waals surface area contributed by atoms with E-state index in [0.29, 0.717) is 49.2 Å². The van der Waals surface area contributed by atoms with Gasteiger partial charge in [0.15, 0.2) is 17.3 Å². The molecule has 0 spiro atoms. The first kappa shape index (κ1) is 20.4. The largest absolute Gasteiger partial charge is 0.488 e. The highest BCUT2D eigenvalue weighted by molar-refractivity contribution is 5.83. The molecule has 7 heteroatoms. The minimum atomic E-state index is 0.401. The van der Waals surface area contributed by atoms with E-state index in [4.69, 9.17) is 25.6 Å². The minimum absolute atomic E-state index is 0.401. The first-order valence-corrected chi connectivity index (χ1v) is 9.77. The van der Waals surface area contributed by atoms with Gasteiger partial charge in [-0.05, 0) is 18.2 Å². The van der Waals surface area contributed by atoms with Crippen molar-refractivity contribution in [3.8, 4) is 35.2 Å². The molecule has 7 nitrogen and oxygen atoms in total. The van der Waals surface area contributed by atoms with Crippen molar-refractivity contribution in [2.24, 2.45) is 0 Å². The lowest BCUT2D eigenvalue weighted by molar-refractivity contribution is 0.143. The average Bonchev–Trinajstić information content (AvgIpc) is 3.32. The first-order valence-electron chi connectivity index (χ1n) is 9.77. The van der Waals surface area contributed by atoms with E-state index in [1.54, 1.807) is 19.6 Å². The molecule has 0 aliphatic carbocycles. The van der Waals surface area contributed by atoms with Gasteiger partial charge >= 0.3 is 0 Å². The van der Waals surface area contributed by atoms with Crippen molar-refractivity contribution in [1.29, 1.82) is 0 Å². The number of hydrogen-bond donors (Lipinski definition) is 0. The Morgan fingerprint density at radius 3 is 2.77 bits per heavy atom. The van der Waals surface area contributed by atoms with E-state index in [1.807, 2.05) is 47.2 Å². The fourth-order valence-electron chi connectivity index (χ4n) is 3.00. The molecule has 0 atom stereocenters. The number of methoxy groups -OCH3 is 1. The zero-order valence-electron chi connectivity index (χ0n) is 17.1. The third-order valence-corrected chi connectivity index (χ3v) is 4.57. The summed E-state index contributed by atoms with van der Waals surface area (Å²) < 4.78 is 18.9. The maximum Gasteiger partial charge on any atom is 0.163 e. The minimum Gasteiger partial charge on any atom is -0.488 e. The number of nitrogens with zero attached hydrogens (tertiary/aromatic N) is 4. The van der Waals surface area contributed by atoms with Crippen LogP contribution >= 0.6 is 0 Å². The lowest BCUT2D eigenvalue weighted by Crippen LogP contribution is -2.09. The molecule has 2 heterocycles. The molecule has 0 aliphatic rings. The predicted molar refractivity (Wildman–Crippen MR) is 117 cm³/mol. The number of hydrogen-bond acceptors (Lipinski definition) is 6. The molecule has 1 radical (unpaired) electrons. The van der Waals surface area contributed by atoms with E-state index in [0.717, 1.165) is 16.5 Å². The SMILES string of the molecule is C#Cc1cccc(-c2n[c]c3cc(OCCOC)c(OCCn4ccnc4)cc3n2)c1. The molecule has 0 bridgehead atoms. The molecule has 0 unspecified atom stereocenters. The van der Waals surface area contributed by atoms with Gasteiger partial charge in [-0.3, -0.25) is 0 Å². The van der Waals surface area contributed by atoms with Crippen LogP contribution in [0.25, 0.3) is 22.3 Å². The second-order valence-corrected chi connectivity index (χ2v) is 6.69.